The van der Waals surface area contributed by atoms with Crippen LogP contribution in [0.5, 0.6) is 0 Å². The largest absolute Gasteiger partial charge is 0.326 e. The third kappa shape index (κ3) is 3.98. The monoisotopic (exact) mass is 345 g/mol. The van der Waals surface area contributed by atoms with Crippen molar-refractivity contribution in [1.82, 2.24) is 5.32 Å². The maximum atomic E-state index is 12.3. The summed E-state index contributed by atoms with van der Waals surface area (Å²) in [5, 5.41) is 6.04. The van der Waals surface area contributed by atoms with Gasteiger partial charge in [0.25, 0.3) is 0 Å². The second-order valence-corrected chi connectivity index (χ2v) is 7.68. The van der Waals surface area contributed by atoms with E-state index in [1.165, 1.54) is 24.6 Å². The van der Waals surface area contributed by atoms with E-state index in [-0.39, 0.29) is 18.2 Å². The van der Waals surface area contributed by atoms with E-state index < -0.39 is 5.25 Å². The fourth-order valence-corrected chi connectivity index (χ4v) is 4.21. The zero-order valence-electron chi connectivity index (χ0n) is 14.1. The summed E-state index contributed by atoms with van der Waals surface area (Å²) >= 11 is 1.38. The summed E-state index contributed by atoms with van der Waals surface area (Å²) in [6.07, 6.45) is 4.77. The summed E-state index contributed by atoms with van der Waals surface area (Å²) in [5.41, 5.74) is 2.89. The molecule has 1 aliphatic heterocycles. The van der Waals surface area contributed by atoms with Gasteiger partial charge in [0.15, 0.2) is 5.17 Å². The lowest BCUT2D eigenvalue weighted by Crippen LogP contribution is -2.28. The van der Waals surface area contributed by atoms with E-state index in [2.05, 4.69) is 15.6 Å². The van der Waals surface area contributed by atoms with Crippen LogP contribution in [0.15, 0.2) is 23.2 Å². The maximum Gasteiger partial charge on any atom is 0.240 e. The van der Waals surface area contributed by atoms with Gasteiger partial charge in [-0.05, 0) is 37.8 Å². The van der Waals surface area contributed by atoms with Gasteiger partial charge in [-0.2, -0.15) is 0 Å². The van der Waals surface area contributed by atoms with Crippen molar-refractivity contribution >= 4 is 34.4 Å². The van der Waals surface area contributed by atoms with Gasteiger partial charge in [0.2, 0.25) is 11.8 Å². The number of carbonyl (C=O) groups is 2. The lowest BCUT2D eigenvalue weighted by molar-refractivity contribution is -0.122. The average molecular weight is 345 g/mol. The Kier molecular flexibility index (Phi) is 5.23. The Hall–Kier alpha value is -1.82. The number of aryl methyl sites for hydroxylation is 2. The zero-order valence-corrected chi connectivity index (χ0v) is 14.9. The highest BCUT2D eigenvalue weighted by Gasteiger charge is 2.33. The van der Waals surface area contributed by atoms with Crippen LogP contribution in [0.3, 0.4) is 0 Å². The molecule has 128 valence electrons. The molecule has 1 unspecified atom stereocenters. The molecule has 1 heterocycles. The van der Waals surface area contributed by atoms with Gasteiger partial charge >= 0.3 is 0 Å². The molecule has 5 nitrogen and oxygen atoms in total. The number of para-hydroxylation sites is 1. The number of hydrogen-bond donors (Lipinski definition) is 2. The van der Waals surface area contributed by atoms with Gasteiger partial charge in [0.05, 0.1) is 6.04 Å². The highest BCUT2D eigenvalue weighted by atomic mass is 32.2. The first kappa shape index (κ1) is 17.0. The Morgan fingerprint density at radius 1 is 1.29 bits per heavy atom. The number of carbonyl (C=O) groups excluding carboxylic acids is 2. The summed E-state index contributed by atoms with van der Waals surface area (Å²) in [6, 6.07) is 6.22. The van der Waals surface area contributed by atoms with Crippen LogP contribution in [-0.4, -0.2) is 28.3 Å². The SMILES string of the molecule is Cc1cccc(C)c1NC(=O)CC1SC(=NC2CCCC2)NC1=O. The molecule has 0 bridgehead atoms. The number of anilines is 1. The third-order valence-electron chi connectivity index (χ3n) is 4.52. The van der Waals surface area contributed by atoms with E-state index in [1.807, 2.05) is 32.0 Å². The Labute approximate surface area is 146 Å². The van der Waals surface area contributed by atoms with Gasteiger partial charge in [0.1, 0.15) is 5.25 Å². The van der Waals surface area contributed by atoms with Crippen LogP contribution in [0, 0.1) is 13.8 Å². The first-order valence-corrected chi connectivity index (χ1v) is 9.32. The van der Waals surface area contributed by atoms with E-state index >= 15 is 0 Å². The quantitative estimate of drug-likeness (QED) is 0.880. The van der Waals surface area contributed by atoms with Crippen molar-refractivity contribution in [1.29, 1.82) is 0 Å². The smallest absolute Gasteiger partial charge is 0.240 e. The molecule has 2 N–H and O–H groups in total. The van der Waals surface area contributed by atoms with Crippen LogP contribution < -0.4 is 10.6 Å². The van der Waals surface area contributed by atoms with Crippen LogP contribution >= 0.6 is 11.8 Å². The van der Waals surface area contributed by atoms with E-state index in [1.54, 1.807) is 0 Å². The van der Waals surface area contributed by atoms with Crippen molar-refractivity contribution in [2.75, 3.05) is 5.32 Å². The second-order valence-electron chi connectivity index (χ2n) is 6.49. The topological polar surface area (TPSA) is 70.6 Å². The second kappa shape index (κ2) is 7.38. The van der Waals surface area contributed by atoms with Crippen molar-refractivity contribution in [2.45, 2.75) is 57.2 Å². The summed E-state index contributed by atoms with van der Waals surface area (Å²) in [7, 11) is 0. The first-order valence-electron chi connectivity index (χ1n) is 8.44. The van der Waals surface area contributed by atoms with Crippen LogP contribution in [0.2, 0.25) is 0 Å². The summed E-state index contributed by atoms with van der Waals surface area (Å²) in [4.78, 5) is 29.0. The summed E-state index contributed by atoms with van der Waals surface area (Å²) in [5.74, 6) is -0.254. The molecule has 24 heavy (non-hydrogen) atoms. The van der Waals surface area contributed by atoms with E-state index in [9.17, 15) is 9.59 Å². The maximum absolute atomic E-state index is 12.3. The standard InChI is InChI=1S/C18H23N3O2S/c1-11-6-5-7-12(2)16(11)20-15(22)10-14-17(23)21-18(24-14)19-13-8-3-4-9-13/h5-7,13-14H,3-4,8-10H2,1-2H3,(H,20,22)(H,19,21,23). The lowest BCUT2D eigenvalue weighted by Gasteiger charge is -2.12. The number of amides is 2. The van der Waals surface area contributed by atoms with Crippen molar-refractivity contribution in [3.05, 3.63) is 29.3 Å². The predicted molar refractivity (Wildman–Crippen MR) is 98.4 cm³/mol. The fraction of sp³-hybridized carbons (Fsp3) is 0.500. The number of rotatable bonds is 4. The molecular formula is C18H23N3O2S. The first-order chi connectivity index (χ1) is 11.5. The van der Waals surface area contributed by atoms with Gasteiger partial charge in [-0.3, -0.25) is 14.6 Å². The fourth-order valence-electron chi connectivity index (χ4n) is 3.17. The molecule has 1 aliphatic carbocycles. The van der Waals surface area contributed by atoms with Gasteiger partial charge in [0, 0.05) is 12.1 Å². The summed E-state index contributed by atoms with van der Waals surface area (Å²) < 4.78 is 0. The Morgan fingerprint density at radius 3 is 2.62 bits per heavy atom. The van der Waals surface area contributed by atoms with Crippen LogP contribution in [0.25, 0.3) is 0 Å². The minimum Gasteiger partial charge on any atom is -0.326 e. The molecular weight excluding hydrogens is 322 g/mol. The minimum atomic E-state index is -0.394. The number of aliphatic imine (C=N–C) groups is 1. The number of thioether (sulfide) groups is 1. The molecule has 1 aromatic rings. The van der Waals surface area contributed by atoms with Crippen molar-refractivity contribution in [3.63, 3.8) is 0 Å². The molecule has 6 heteroatoms. The molecule has 3 rings (SSSR count). The molecule has 2 amide bonds. The Bertz CT molecular complexity index is 661. The molecule has 0 radical (unpaired) electrons. The number of benzene rings is 1. The van der Waals surface area contributed by atoms with Crippen LogP contribution in [0.4, 0.5) is 5.69 Å². The normalized spacial score (nSPS) is 22.8. The number of amidine groups is 1. The third-order valence-corrected chi connectivity index (χ3v) is 5.61. The van der Waals surface area contributed by atoms with Crippen LogP contribution in [0.1, 0.15) is 43.2 Å². The highest BCUT2D eigenvalue weighted by molar-refractivity contribution is 8.15. The highest BCUT2D eigenvalue weighted by Crippen LogP contribution is 2.27. The lowest BCUT2D eigenvalue weighted by atomic mass is 10.1. The van der Waals surface area contributed by atoms with Gasteiger partial charge in [-0.15, -0.1) is 0 Å². The molecule has 0 spiro atoms. The van der Waals surface area contributed by atoms with Gasteiger partial charge < -0.3 is 10.6 Å². The average Bonchev–Trinajstić information content (AvgIpc) is 3.14. The van der Waals surface area contributed by atoms with Crippen LogP contribution in [-0.2, 0) is 9.59 Å². The summed E-state index contributed by atoms with van der Waals surface area (Å²) in [6.45, 7) is 3.93. The molecule has 2 aliphatic rings. The number of nitrogens with one attached hydrogen (secondary N) is 2. The van der Waals surface area contributed by atoms with E-state index in [0.717, 1.165) is 29.7 Å². The Balaban J connectivity index is 1.59. The van der Waals surface area contributed by atoms with E-state index in [0.29, 0.717) is 11.2 Å². The number of hydrogen-bond acceptors (Lipinski definition) is 4. The molecule has 0 aromatic heterocycles. The van der Waals surface area contributed by atoms with Crippen molar-refractivity contribution in [2.24, 2.45) is 4.99 Å². The molecule has 1 atom stereocenters. The molecule has 1 saturated heterocycles. The zero-order chi connectivity index (χ0) is 17.1. The van der Waals surface area contributed by atoms with Gasteiger partial charge in [-0.1, -0.05) is 42.8 Å². The van der Waals surface area contributed by atoms with E-state index in [4.69, 9.17) is 0 Å². The predicted octanol–water partition coefficient (Wildman–Crippen LogP) is 3.16. The Morgan fingerprint density at radius 2 is 1.96 bits per heavy atom. The van der Waals surface area contributed by atoms with Crippen molar-refractivity contribution in [3.8, 4) is 0 Å². The minimum absolute atomic E-state index is 0.117. The molecule has 1 aromatic carbocycles. The molecule has 1 saturated carbocycles. The van der Waals surface area contributed by atoms with Crippen molar-refractivity contribution < 1.29 is 9.59 Å². The number of nitrogens with zero attached hydrogens (tertiary/aromatic N) is 1. The van der Waals surface area contributed by atoms with Gasteiger partial charge in [-0.25, -0.2) is 0 Å². The molecule has 2 fully saturated rings.